The van der Waals surface area contributed by atoms with Gasteiger partial charge in [0.15, 0.2) is 17.5 Å². The Hall–Kier alpha value is -7.43. The van der Waals surface area contributed by atoms with E-state index in [0.717, 1.165) is 60.7 Å². The average Bonchev–Trinajstić information content (AvgIpc) is 3.64. The molecule has 0 N–H and O–H groups in total. The second kappa shape index (κ2) is 12.6. The van der Waals surface area contributed by atoms with E-state index in [0.29, 0.717) is 17.5 Å². The maximum absolute atomic E-state index is 6.56. The van der Waals surface area contributed by atoms with Gasteiger partial charge in [-0.15, -0.1) is 0 Å². The maximum atomic E-state index is 6.56. The molecule has 2 heterocycles. The third-order valence-corrected chi connectivity index (χ3v) is 10.7. The Morgan fingerprint density at radius 1 is 0.291 bits per heavy atom. The van der Waals surface area contributed by atoms with Crippen LogP contribution in [-0.4, -0.2) is 15.0 Å². The lowest BCUT2D eigenvalue weighted by molar-refractivity contribution is 0.669. The van der Waals surface area contributed by atoms with E-state index in [1.807, 2.05) is 12.1 Å². The summed E-state index contributed by atoms with van der Waals surface area (Å²) in [6.07, 6.45) is 0. The van der Waals surface area contributed by atoms with Crippen LogP contribution in [0.3, 0.4) is 0 Å². The van der Waals surface area contributed by atoms with Crippen molar-refractivity contribution < 1.29 is 4.42 Å². The summed E-state index contributed by atoms with van der Waals surface area (Å²) in [7, 11) is 0. The molecule has 0 aliphatic carbocycles. The molecule has 256 valence electrons. The highest BCUT2D eigenvalue weighted by Gasteiger charge is 2.19. The number of hydrogen-bond donors (Lipinski definition) is 0. The number of nitrogens with zero attached hydrogens (tertiary/aromatic N) is 3. The molecule has 0 amide bonds. The Kier molecular flexibility index (Phi) is 7.14. The zero-order chi connectivity index (χ0) is 36.3. The lowest BCUT2D eigenvalue weighted by atomic mass is 9.97. The van der Waals surface area contributed by atoms with Crippen LogP contribution in [0.5, 0.6) is 0 Å². The van der Waals surface area contributed by atoms with Gasteiger partial charge >= 0.3 is 0 Å². The van der Waals surface area contributed by atoms with Crippen molar-refractivity contribution in [3.8, 4) is 56.4 Å². The van der Waals surface area contributed by atoms with E-state index < -0.39 is 0 Å². The summed E-state index contributed by atoms with van der Waals surface area (Å²) >= 11 is 0. The van der Waals surface area contributed by atoms with Gasteiger partial charge in [-0.05, 0) is 84.9 Å². The second-order valence-corrected chi connectivity index (χ2v) is 14.0. The minimum absolute atomic E-state index is 0.596. The SMILES string of the molecule is c1ccc2cc(-c3ccc4c(c3)oc3cccc(-c5nc(-c6ccc(-c7cccc8ccccc78)cc6)nc(-c6ccc7ccccc7c6)n5)c34)ccc2c1. The van der Waals surface area contributed by atoms with Crippen LogP contribution in [0.4, 0.5) is 0 Å². The zero-order valence-corrected chi connectivity index (χ0v) is 29.6. The fourth-order valence-corrected chi connectivity index (χ4v) is 7.92. The third-order valence-electron chi connectivity index (χ3n) is 10.7. The van der Waals surface area contributed by atoms with Gasteiger partial charge in [0.1, 0.15) is 11.2 Å². The van der Waals surface area contributed by atoms with Crippen molar-refractivity contribution in [2.45, 2.75) is 0 Å². The monoisotopic (exact) mass is 701 g/mol. The molecule has 0 aliphatic heterocycles. The smallest absolute Gasteiger partial charge is 0.164 e. The van der Waals surface area contributed by atoms with Crippen LogP contribution in [0, 0.1) is 0 Å². The van der Waals surface area contributed by atoms with Crippen molar-refractivity contribution in [3.63, 3.8) is 0 Å². The Morgan fingerprint density at radius 2 is 0.818 bits per heavy atom. The van der Waals surface area contributed by atoms with Gasteiger partial charge in [0.25, 0.3) is 0 Å². The van der Waals surface area contributed by atoms with E-state index in [9.17, 15) is 0 Å². The van der Waals surface area contributed by atoms with Crippen LogP contribution in [-0.2, 0) is 0 Å². The fourth-order valence-electron chi connectivity index (χ4n) is 7.92. The van der Waals surface area contributed by atoms with Crippen LogP contribution in [0.1, 0.15) is 0 Å². The van der Waals surface area contributed by atoms with Crippen molar-refractivity contribution in [2.24, 2.45) is 0 Å². The number of benzene rings is 9. The molecule has 0 saturated carbocycles. The van der Waals surface area contributed by atoms with Crippen LogP contribution < -0.4 is 0 Å². The molecule has 0 spiro atoms. The molecule has 4 nitrogen and oxygen atoms in total. The highest BCUT2D eigenvalue weighted by molar-refractivity contribution is 6.12. The van der Waals surface area contributed by atoms with Gasteiger partial charge in [0.05, 0.1) is 0 Å². The van der Waals surface area contributed by atoms with Crippen LogP contribution in [0.2, 0.25) is 0 Å². The minimum atomic E-state index is 0.596. The Bertz CT molecular complexity index is 3270. The summed E-state index contributed by atoms with van der Waals surface area (Å²) in [4.78, 5) is 15.5. The first kappa shape index (κ1) is 31.1. The van der Waals surface area contributed by atoms with Gasteiger partial charge in [-0.3, -0.25) is 0 Å². The van der Waals surface area contributed by atoms with Gasteiger partial charge in [-0.2, -0.15) is 0 Å². The van der Waals surface area contributed by atoms with E-state index >= 15 is 0 Å². The van der Waals surface area contributed by atoms with Crippen LogP contribution >= 0.6 is 0 Å². The average molecular weight is 702 g/mol. The summed E-state index contributed by atoms with van der Waals surface area (Å²) < 4.78 is 6.56. The highest BCUT2D eigenvalue weighted by Crippen LogP contribution is 2.39. The first-order valence-electron chi connectivity index (χ1n) is 18.5. The van der Waals surface area contributed by atoms with E-state index in [-0.39, 0.29) is 0 Å². The number of furan rings is 1. The number of hydrogen-bond acceptors (Lipinski definition) is 4. The highest BCUT2D eigenvalue weighted by atomic mass is 16.3. The quantitative estimate of drug-likeness (QED) is 0.179. The third kappa shape index (κ3) is 5.43. The summed E-state index contributed by atoms with van der Waals surface area (Å²) in [6.45, 7) is 0. The molecule has 0 radical (unpaired) electrons. The Morgan fingerprint density at radius 3 is 1.60 bits per heavy atom. The molecule has 0 fully saturated rings. The van der Waals surface area contributed by atoms with Crippen molar-refractivity contribution in [2.75, 3.05) is 0 Å². The first-order chi connectivity index (χ1) is 27.2. The summed E-state index contributed by atoms with van der Waals surface area (Å²) in [6, 6.07) is 65.9. The lowest BCUT2D eigenvalue weighted by Crippen LogP contribution is -2.00. The van der Waals surface area contributed by atoms with Gasteiger partial charge < -0.3 is 4.42 Å². The second-order valence-electron chi connectivity index (χ2n) is 14.0. The van der Waals surface area contributed by atoms with Crippen molar-refractivity contribution in [1.82, 2.24) is 15.0 Å². The molecule has 9 aromatic carbocycles. The fraction of sp³-hybridized carbons (Fsp3) is 0. The molecule has 2 aromatic heterocycles. The van der Waals surface area contributed by atoms with Gasteiger partial charge in [-0.1, -0.05) is 158 Å². The van der Waals surface area contributed by atoms with E-state index in [2.05, 4.69) is 176 Å². The van der Waals surface area contributed by atoms with Gasteiger partial charge in [0, 0.05) is 27.5 Å². The molecular weight excluding hydrogens is 671 g/mol. The normalized spacial score (nSPS) is 11.6. The Labute approximate surface area is 317 Å². The van der Waals surface area contributed by atoms with Crippen molar-refractivity contribution in [1.29, 1.82) is 0 Å². The molecule has 55 heavy (non-hydrogen) atoms. The number of rotatable bonds is 5. The molecule has 4 heteroatoms. The van der Waals surface area contributed by atoms with E-state index in [4.69, 9.17) is 19.4 Å². The molecular formula is C51H31N3O. The Balaban J connectivity index is 1.06. The van der Waals surface area contributed by atoms with Gasteiger partial charge in [0.2, 0.25) is 0 Å². The maximum Gasteiger partial charge on any atom is 0.164 e. The molecule has 0 atom stereocenters. The van der Waals surface area contributed by atoms with Crippen LogP contribution in [0.15, 0.2) is 192 Å². The molecule has 0 unspecified atom stereocenters. The molecule has 11 rings (SSSR count). The van der Waals surface area contributed by atoms with Crippen molar-refractivity contribution in [3.05, 3.63) is 188 Å². The minimum Gasteiger partial charge on any atom is -0.456 e. The van der Waals surface area contributed by atoms with E-state index in [1.165, 1.54) is 32.5 Å². The summed E-state index contributed by atoms with van der Waals surface area (Å²) in [5.41, 5.74) is 8.94. The predicted molar refractivity (Wildman–Crippen MR) is 227 cm³/mol. The summed E-state index contributed by atoms with van der Waals surface area (Å²) in [5, 5.41) is 9.18. The molecule has 0 saturated heterocycles. The lowest BCUT2D eigenvalue weighted by Gasteiger charge is -2.11. The first-order valence-corrected chi connectivity index (χ1v) is 18.5. The van der Waals surface area contributed by atoms with Crippen molar-refractivity contribution >= 4 is 54.3 Å². The zero-order valence-electron chi connectivity index (χ0n) is 29.6. The molecule has 11 aromatic rings. The largest absolute Gasteiger partial charge is 0.456 e. The molecule has 0 bridgehead atoms. The van der Waals surface area contributed by atoms with E-state index in [1.54, 1.807) is 0 Å². The number of fused-ring (bicyclic) bond motifs is 6. The summed E-state index contributed by atoms with van der Waals surface area (Å²) in [5.74, 6) is 1.83. The topological polar surface area (TPSA) is 51.8 Å². The van der Waals surface area contributed by atoms with Gasteiger partial charge in [-0.25, -0.2) is 15.0 Å². The predicted octanol–water partition coefficient (Wildman–Crippen LogP) is 13.6. The molecule has 0 aliphatic rings. The van der Waals surface area contributed by atoms with Crippen LogP contribution in [0.25, 0.3) is 111 Å². The number of aromatic nitrogens is 3. The standard InChI is InChI=1S/C51H31N3O/c1-3-12-37-29-39(25-19-32(37)9-1)40-27-28-44-47(31-40)55-46-18-8-17-45(48(44)46)51-53-49(52-50(54-51)41-26-20-33-10-2-4-13-38(33)30-41)36-23-21-35(22-24-36)43-16-7-14-34-11-5-6-15-42(34)43/h1-31H.